The molecule has 0 aliphatic carbocycles. The maximum atomic E-state index is 13.4. The summed E-state index contributed by atoms with van der Waals surface area (Å²) in [5.41, 5.74) is 0. The third-order valence-electron chi connectivity index (χ3n) is 2.44. The van der Waals surface area contributed by atoms with Gasteiger partial charge in [-0.05, 0) is 12.8 Å². The molecule has 0 amide bonds. The van der Waals surface area contributed by atoms with Crippen LogP contribution in [0.4, 0.5) is 8.78 Å². The van der Waals surface area contributed by atoms with E-state index in [2.05, 4.69) is 22.1 Å². The Morgan fingerprint density at radius 3 is 2.56 bits per heavy atom. The van der Waals surface area contributed by atoms with Gasteiger partial charge in [0.1, 0.15) is 5.82 Å². The molecule has 0 aliphatic rings. The van der Waals surface area contributed by atoms with Gasteiger partial charge in [-0.3, -0.25) is 5.10 Å². The van der Waals surface area contributed by atoms with Gasteiger partial charge in [0.25, 0.3) is 0 Å². The summed E-state index contributed by atoms with van der Waals surface area (Å²) in [6.45, 7) is 3.82. The quantitative estimate of drug-likeness (QED) is 0.730. The van der Waals surface area contributed by atoms with Crippen molar-refractivity contribution in [3.05, 3.63) is 11.6 Å². The Bertz CT molecular complexity index is 310. The van der Waals surface area contributed by atoms with Gasteiger partial charge in [-0.25, -0.2) is 4.98 Å². The monoisotopic (exact) mass is 231 g/mol. The summed E-state index contributed by atoms with van der Waals surface area (Å²) in [5.74, 6) is -2.69. The second-order valence-electron chi connectivity index (χ2n) is 4.02. The number of rotatable bonds is 7. The van der Waals surface area contributed by atoms with E-state index >= 15 is 0 Å². The van der Waals surface area contributed by atoms with E-state index in [0.29, 0.717) is 18.7 Å². The average Bonchev–Trinajstić information content (AvgIpc) is 2.67. The number of aromatic nitrogens is 3. The molecule has 1 heterocycles. The lowest BCUT2D eigenvalue weighted by atomic mass is 10.2. The van der Waals surface area contributed by atoms with Crippen LogP contribution >= 0.6 is 0 Å². The highest BCUT2D eigenvalue weighted by molar-refractivity contribution is 4.98. The molecule has 5 heteroatoms. The first-order valence-corrected chi connectivity index (χ1v) is 5.89. The fraction of sp³-hybridized carbons (Fsp3) is 0.818. The van der Waals surface area contributed by atoms with Crippen LogP contribution in [0.25, 0.3) is 0 Å². The van der Waals surface area contributed by atoms with Gasteiger partial charge in [-0.2, -0.15) is 13.9 Å². The lowest BCUT2D eigenvalue weighted by Crippen LogP contribution is -2.15. The zero-order valence-electron chi connectivity index (χ0n) is 9.89. The molecule has 0 aromatic carbocycles. The van der Waals surface area contributed by atoms with E-state index in [1.807, 2.05) is 0 Å². The Hall–Kier alpha value is -1.00. The summed E-state index contributed by atoms with van der Waals surface area (Å²) in [7, 11) is 0. The predicted octanol–water partition coefficient (Wildman–Crippen LogP) is 3.43. The fourth-order valence-corrected chi connectivity index (χ4v) is 1.54. The van der Waals surface area contributed by atoms with Gasteiger partial charge < -0.3 is 0 Å². The first kappa shape index (κ1) is 13.1. The van der Waals surface area contributed by atoms with Crippen molar-refractivity contribution in [1.29, 1.82) is 0 Å². The van der Waals surface area contributed by atoms with Crippen LogP contribution in [0.15, 0.2) is 0 Å². The Kier molecular flexibility index (Phi) is 4.83. The van der Waals surface area contributed by atoms with Gasteiger partial charge in [0.2, 0.25) is 5.82 Å². The Morgan fingerprint density at radius 2 is 1.94 bits per heavy atom. The van der Waals surface area contributed by atoms with Crippen molar-refractivity contribution in [3.63, 3.8) is 0 Å². The SMILES string of the molecule is CCCCCc1nc(C(F)(F)CCC)n[nH]1. The number of nitrogens with zero attached hydrogens (tertiary/aromatic N) is 2. The maximum Gasteiger partial charge on any atom is 0.308 e. The number of aryl methyl sites for hydroxylation is 1. The molecule has 1 aromatic rings. The van der Waals surface area contributed by atoms with Crippen molar-refractivity contribution in [2.24, 2.45) is 0 Å². The van der Waals surface area contributed by atoms with Crippen molar-refractivity contribution in [3.8, 4) is 0 Å². The summed E-state index contributed by atoms with van der Waals surface area (Å²) >= 11 is 0. The van der Waals surface area contributed by atoms with Gasteiger partial charge in [0.05, 0.1) is 0 Å². The van der Waals surface area contributed by atoms with Crippen LogP contribution in [0.1, 0.15) is 57.6 Å². The number of alkyl halides is 2. The summed E-state index contributed by atoms with van der Waals surface area (Å²) in [5, 5.41) is 6.19. The predicted molar refractivity (Wildman–Crippen MR) is 58.4 cm³/mol. The van der Waals surface area contributed by atoms with Crippen molar-refractivity contribution in [2.75, 3.05) is 0 Å². The zero-order chi connectivity index (χ0) is 12.0. The largest absolute Gasteiger partial charge is 0.308 e. The van der Waals surface area contributed by atoms with Crippen molar-refractivity contribution >= 4 is 0 Å². The van der Waals surface area contributed by atoms with Crippen LogP contribution in [-0.2, 0) is 12.3 Å². The van der Waals surface area contributed by atoms with E-state index in [-0.39, 0.29) is 12.2 Å². The highest BCUT2D eigenvalue weighted by Gasteiger charge is 2.34. The number of aromatic amines is 1. The van der Waals surface area contributed by atoms with E-state index in [0.717, 1.165) is 19.3 Å². The molecular formula is C11H19F2N3. The molecule has 1 N–H and O–H groups in total. The molecule has 0 saturated carbocycles. The van der Waals surface area contributed by atoms with Crippen molar-refractivity contribution in [2.45, 2.75) is 58.3 Å². The number of nitrogens with one attached hydrogen (secondary N) is 1. The van der Waals surface area contributed by atoms with Crippen LogP contribution in [-0.4, -0.2) is 15.2 Å². The van der Waals surface area contributed by atoms with E-state index in [1.165, 1.54) is 0 Å². The van der Waals surface area contributed by atoms with Crippen LogP contribution in [0.5, 0.6) is 0 Å². The molecular weight excluding hydrogens is 212 g/mol. The standard InChI is InChI=1S/C11H19F2N3/c1-3-5-6-7-9-14-10(16-15-9)11(12,13)8-4-2/h3-8H2,1-2H3,(H,14,15,16). The number of halogens is 2. The molecule has 1 aromatic heterocycles. The molecule has 0 bridgehead atoms. The zero-order valence-corrected chi connectivity index (χ0v) is 9.89. The maximum absolute atomic E-state index is 13.4. The Labute approximate surface area is 94.7 Å². The van der Waals surface area contributed by atoms with E-state index < -0.39 is 5.92 Å². The third-order valence-corrected chi connectivity index (χ3v) is 2.44. The molecule has 16 heavy (non-hydrogen) atoms. The minimum absolute atomic E-state index is 0.195. The van der Waals surface area contributed by atoms with Gasteiger partial charge in [0.15, 0.2) is 0 Å². The highest BCUT2D eigenvalue weighted by Crippen LogP contribution is 2.29. The summed E-state index contributed by atoms with van der Waals surface area (Å²) in [4.78, 5) is 3.86. The van der Waals surface area contributed by atoms with Crippen molar-refractivity contribution < 1.29 is 8.78 Å². The summed E-state index contributed by atoms with van der Waals surface area (Å²) in [6.07, 6.45) is 4.08. The van der Waals surface area contributed by atoms with Crippen LogP contribution in [0.3, 0.4) is 0 Å². The second kappa shape index (κ2) is 5.92. The normalized spacial score (nSPS) is 12.0. The van der Waals surface area contributed by atoms with Gasteiger partial charge >= 0.3 is 5.92 Å². The van der Waals surface area contributed by atoms with Crippen LogP contribution in [0, 0.1) is 0 Å². The molecule has 0 spiro atoms. The van der Waals surface area contributed by atoms with Crippen molar-refractivity contribution in [1.82, 2.24) is 15.2 Å². The molecule has 92 valence electrons. The number of unbranched alkanes of at least 4 members (excludes halogenated alkanes) is 2. The molecule has 0 unspecified atom stereocenters. The molecule has 0 saturated heterocycles. The molecule has 0 fully saturated rings. The van der Waals surface area contributed by atoms with Crippen LogP contribution < -0.4 is 0 Å². The van der Waals surface area contributed by atoms with E-state index in [1.54, 1.807) is 6.92 Å². The molecule has 1 rings (SSSR count). The van der Waals surface area contributed by atoms with Gasteiger partial charge in [-0.1, -0.05) is 26.7 Å². The lowest BCUT2D eigenvalue weighted by Gasteiger charge is -2.09. The number of H-pyrrole nitrogens is 1. The van der Waals surface area contributed by atoms with E-state index in [9.17, 15) is 8.78 Å². The Balaban J connectivity index is 2.56. The smallest absolute Gasteiger partial charge is 0.263 e. The second-order valence-corrected chi connectivity index (χ2v) is 4.02. The first-order valence-electron chi connectivity index (χ1n) is 5.89. The molecule has 0 aliphatic heterocycles. The van der Waals surface area contributed by atoms with Gasteiger partial charge in [-0.15, -0.1) is 0 Å². The number of hydrogen-bond donors (Lipinski definition) is 1. The molecule has 0 radical (unpaired) electrons. The lowest BCUT2D eigenvalue weighted by molar-refractivity contribution is -0.0228. The summed E-state index contributed by atoms with van der Waals surface area (Å²) in [6, 6.07) is 0. The topological polar surface area (TPSA) is 41.6 Å². The van der Waals surface area contributed by atoms with Crippen LogP contribution in [0.2, 0.25) is 0 Å². The minimum Gasteiger partial charge on any atom is -0.263 e. The van der Waals surface area contributed by atoms with Gasteiger partial charge in [0, 0.05) is 12.8 Å². The molecule has 3 nitrogen and oxygen atoms in total. The van der Waals surface area contributed by atoms with E-state index in [4.69, 9.17) is 0 Å². The minimum atomic E-state index is -2.89. The third kappa shape index (κ3) is 3.54. The summed E-state index contributed by atoms with van der Waals surface area (Å²) < 4.78 is 26.8. The first-order chi connectivity index (χ1) is 7.60. The fourth-order valence-electron chi connectivity index (χ4n) is 1.54. The molecule has 0 atom stereocenters. The number of hydrogen-bond acceptors (Lipinski definition) is 2. The Morgan fingerprint density at radius 1 is 1.19 bits per heavy atom. The highest BCUT2D eigenvalue weighted by atomic mass is 19.3. The average molecular weight is 231 g/mol.